The molecule has 2 aromatic heterocycles. The lowest BCUT2D eigenvalue weighted by Crippen LogP contribution is -2.25. The van der Waals surface area contributed by atoms with Gasteiger partial charge in [-0.15, -0.1) is 0 Å². The van der Waals surface area contributed by atoms with Gasteiger partial charge in [-0.2, -0.15) is 0 Å². The second kappa shape index (κ2) is 9.99. The molecule has 0 radical (unpaired) electrons. The number of fused-ring (bicyclic) bond motifs is 1. The van der Waals surface area contributed by atoms with Crippen LogP contribution in [0.1, 0.15) is 22.3 Å². The number of carbonyl (C=O) groups excluding carboxylic acids is 1. The Morgan fingerprint density at radius 2 is 1.92 bits per heavy atom. The van der Waals surface area contributed by atoms with Crippen LogP contribution in [0, 0.1) is 11.6 Å². The zero-order valence-electron chi connectivity index (χ0n) is 19.0. The van der Waals surface area contributed by atoms with Gasteiger partial charge in [-0.25, -0.2) is 13.8 Å². The van der Waals surface area contributed by atoms with Crippen molar-refractivity contribution in [1.29, 1.82) is 0 Å². The fraction of sp³-hybridized carbons (Fsp3) is 0.148. The lowest BCUT2D eigenvalue weighted by molar-refractivity contribution is 0.0991. The number of rotatable bonds is 6. The van der Waals surface area contributed by atoms with Gasteiger partial charge in [-0.05, 0) is 60.5 Å². The number of anilines is 1. The van der Waals surface area contributed by atoms with Gasteiger partial charge in [0, 0.05) is 37.1 Å². The molecule has 1 aliphatic rings. The molecule has 2 aromatic carbocycles. The van der Waals surface area contributed by atoms with Crippen molar-refractivity contribution in [3.05, 3.63) is 106 Å². The Balaban J connectivity index is 1.35. The van der Waals surface area contributed by atoms with Crippen LogP contribution in [0.2, 0.25) is 0 Å². The van der Waals surface area contributed by atoms with Crippen LogP contribution in [-0.2, 0) is 6.42 Å². The summed E-state index contributed by atoms with van der Waals surface area (Å²) in [5.41, 5.74) is 0.220. The average molecular weight is 489 g/mol. The molecule has 36 heavy (non-hydrogen) atoms. The maximum Gasteiger partial charge on any atom is 0.265 e. The van der Waals surface area contributed by atoms with Crippen molar-refractivity contribution in [2.24, 2.45) is 0 Å². The van der Waals surface area contributed by atoms with E-state index in [0.717, 1.165) is 6.42 Å². The molecule has 0 saturated heterocycles. The fourth-order valence-electron chi connectivity index (χ4n) is 3.88. The van der Waals surface area contributed by atoms with Crippen molar-refractivity contribution in [3.63, 3.8) is 0 Å². The molecule has 3 heterocycles. The molecule has 7 nitrogen and oxygen atoms in total. The van der Waals surface area contributed by atoms with E-state index in [4.69, 9.17) is 9.47 Å². The van der Waals surface area contributed by atoms with Gasteiger partial charge in [0.2, 0.25) is 5.75 Å². The Morgan fingerprint density at radius 3 is 2.72 bits per heavy atom. The summed E-state index contributed by atoms with van der Waals surface area (Å²) in [5.74, 6) is -0.338. The highest BCUT2D eigenvalue weighted by molar-refractivity contribution is 5.97. The summed E-state index contributed by atoms with van der Waals surface area (Å²) in [5, 5.41) is 3.14. The van der Waals surface area contributed by atoms with Crippen molar-refractivity contribution in [3.8, 4) is 22.9 Å². The molecule has 0 aliphatic carbocycles. The third-order valence-corrected chi connectivity index (χ3v) is 5.66. The van der Waals surface area contributed by atoms with E-state index in [2.05, 4.69) is 10.3 Å². The molecule has 5 rings (SSSR count). The van der Waals surface area contributed by atoms with Crippen molar-refractivity contribution < 1.29 is 23.0 Å². The highest BCUT2D eigenvalue weighted by atomic mass is 19.1. The van der Waals surface area contributed by atoms with Crippen LogP contribution < -0.4 is 20.3 Å². The molecule has 1 N–H and O–H groups in total. The van der Waals surface area contributed by atoms with Crippen LogP contribution >= 0.6 is 0 Å². The van der Waals surface area contributed by atoms with Gasteiger partial charge in [-0.1, -0.05) is 6.07 Å². The quantitative estimate of drug-likeness (QED) is 0.387. The minimum Gasteiger partial charge on any atom is -0.486 e. The summed E-state index contributed by atoms with van der Waals surface area (Å²) >= 11 is 0. The van der Waals surface area contributed by atoms with Crippen molar-refractivity contribution in [1.82, 2.24) is 9.55 Å². The van der Waals surface area contributed by atoms with Gasteiger partial charge in [0.05, 0.1) is 12.2 Å². The lowest BCUT2D eigenvalue weighted by Gasteiger charge is -2.14. The van der Waals surface area contributed by atoms with Gasteiger partial charge < -0.3 is 14.8 Å². The molecule has 9 heteroatoms. The van der Waals surface area contributed by atoms with E-state index in [9.17, 15) is 18.4 Å². The third kappa shape index (κ3) is 4.81. The molecule has 0 saturated carbocycles. The Hall–Kier alpha value is -4.53. The highest BCUT2D eigenvalue weighted by Crippen LogP contribution is 2.38. The SMILES string of the molecule is O=C(Cc1ccc(Oc2ccnc3c2OCCCN3)c(F)c1)c1cccn(-c2ccc(F)cc2)c1=O. The lowest BCUT2D eigenvalue weighted by atomic mass is 10.0. The minimum absolute atomic E-state index is 0.0363. The van der Waals surface area contributed by atoms with E-state index in [1.165, 1.54) is 53.2 Å². The van der Waals surface area contributed by atoms with E-state index in [0.29, 0.717) is 41.7 Å². The second-order valence-corrected chi connectivity index (χ2v) is 8.16. The summed E-state index contributed by atoms with van der Waals surface area (Å²) in [6, 6.07) is 14.1. The number of hydrogen-bond donors (Lipinski definition) is 1. The van der Waals surface area contributed by atoms with E-state index in [1.54, 1.807) is 24.4 Å². The number of aromatic nitrogens is 2. The molecule has 0 unspecified atom stereocenters. The third-order valence-electron chi connectivity index (χ3n) is 5.66. The smallest absolute Gasteiger partial charge is 0.265 e. The molecule has 182 valence electrons. The molecular formula is C27H21F2N3O4. The first-order valence-corrected chi connectivity index (χ1v) is 11.3. The molecule has 0 amide bonds. The number of benzene rings is 2. The second-order valence-electron chi connectivity index (χ2n) is 8.16. The molecular weight excluding hydrogens is 468 g/mol. The largest absolute Gasteiger partial charge is 0.486 e. The Labute approximate surface area is 205 Å². The van der Waals surface area contributed by atoms with Crippen LogP contribution in [0.3, 0.4) is 0 Å². The Kier molecular flexibility index (Phi) is 6.44. The standard InChI is InChI=1S/C27H21F2N3O4/c28-18-5-7-19(8-6-18)32-13-1-3-20(27(32)34)22(33)16-17-4-9-23(21(29)15-17)36-24-10-12-31-26-25(24)35-14-2-11-30-26/h1,3-10,12-13,15H,2,11,14,16H2,(H,30,31). The molecule has 1 aliphatic heterocycles. The van der Waals surface area contributed by atoms with Crippen LogP contribution in [0.15, 0.2) is 77.9 Å². The van der Waals surface area contributed by atoms with E-state index < -0.39 is 23.0 Å². The summed E-state index contributed by atoms with van der Waals surface area (Å²) in [4.78, 5) is 30.0. The number of Topliss-reactive ketones (excluding diaryl/α,β-unsaturated/α-hetero) is 1. The number of halogens is 2. The van der Waals surface area contributed by atoms with Crippen LogP contribution in [0.5, 0.6) is 17.2 Å². The van der Waals surface area contributed by atoms with Crippen molar-refractivity contribution >= 4 is 11.6 Å². The first kappa shape index (κ1) is 23.2. The van der Waals surface area contributed by atoms with E-state index in [-0.39, 0.29) is 17.7 Å². The van der Waals surface area contributed by atoms with Gasteiger partial charge in [0.25, 0.3) is 5.56 Å². The van der Waals surface area contributed by atoms with Crippen LogP contribution in [0.4, 0.5) is 14.6 Å². The first-order chi connectivity index (χ1) is 17.5. The Morgan fingerprint density at radius 1 is 1.08 bits per heavy atom. The number of carbonyl (C=O) groups is 1. The highest BCUT2D eigenvalue weighted by Gasteiger charge is 2.19. The summed E-state index contributed by atoms with van der Waals surface area (Å²) in [7, 11) is 0. The number of pyridine rings is 2. The summed E-state index contributed by atoms with van der Waals surface area (Å²) in [6.45, 7) is 1.19. The monoisotopic (exact) mass is 489 g/mol. The van der Waals surface area contributed by atoms with E-state index >= 15 is 0 Å². The van der Waals surface area contributed by atoms with Gasteiger partial charge in [-0.3, -0.25) is 14.2 Å². The Bertz CT molecular complexity index is 1490. The van der Waals surface area contributed by atoms with Gasteiger partial charge >= 0.3 is 0 Å². The molecule has 0 atom stereocenters. The summed E-state index contributed by atoms with van der Waals surface area (Å²) in [6.07, 6.45) is 3.65. The first-order valence-electron chi connectivity index (χ1n) is 11.3. The maximum atomic E-state index is 14.9. The minimum atomic E-state index is -0.663. The molecule has 0 spiro atoms. The number of ether oxygens (including phenoxy) is 2. The number of hydrogen-bond acceptors (Lipinski definition) is 6. The van der Waals surface area contributed by atoms with Crippen molar-refractivity contribution in [2.75, 3.05) is 18.5 Å². The molecule has 0 bridgehead atoms. The van der Waals surface area contributed by atoms with Crippen LogP contribution in [0.25, 0.3) is 5.69 Å². The predicted molar refractivity (Wildman–Crippen MR) is 129 cm³/mol. The number of nitrogens with zero attached hydrogens (tertiary/aromatic N) is 2. The van der Waals surface area contributed by atoms with Gasteiger partial charge in [0.15, 0.2) is 28.9 Å². The maximum absolute atomic E-state index is 14.9. The zero-order valence-corrected chi connectivity index (χ0v) is 19.0. The van der Waals surface area contributed by atoms with Crippen LogP contribution in [-0.4, -0.2) is 28.5 Å². The zero-order chi connectivity index (χ0) is 25.1. The topological polar surface area (TPSA) is 82.4 Å². The number of nitrogens with one attached hydrogen (secondary N) is 1. The fourth-order valence-corrected chi connectivity index (χ4v) is 3.88. The average Bonchev–Trinajstić information content (AvgIpc) is 3.13. The van der Waals surface area contributed by atoms with Gasteiger partial charge in [0.1, 0.15) is 5.82 Å². The number of ketones is 1. The van der Waals surface area contributed by atoms with Crippen molar-refractivity contribution in [2.45, 2.75) is 12.8 Å². The molecule has 0 fully saturated rings. The normalized spacial score (nSPS) is 12.6. The predicted octanol–water partition coefficient (Wildman–Crippen LogP) is 4.92. The van der Waals surface area contributed by atoms with E-state index in [1.807, 2.05) is 0 Å². The molecule has 4 aromatic rings. The summed E-state index contributed by atoms with van der Waals surface area (Å²) < 4.78 is 40.9.